The fraction of sp³-hybridized carbons (Fsp3) is 0.500. The highest BCUT2D eigenvalue weighted by molar-refractivity contribution is 6.31. The molecule has 1 aromatic carbocycles. The van der Waals surface area contributed by atoms with Gasteiger partial charge in [0.05, 0.1) is 11.4 Å². The Labute approximate surface area is 96.8 Å². The lowest BCUT2D eigenvalue weighted by Crippen LogP contribution is -2.15. The van der Waals surface area contributed by atoms with Crippen LogP contribution in [0.4, 0.5) is 11.4 Å². The van der Waals surface area contributed by atoms with Gasteiger partial charge in [-0.05, 0) is 31.5 Å². The first-order valence-electron chi connectivity index (χ1n) is 5.45. The SMILES string of the molecule is CCCCC(C)Nc1cc(Cl)ccc1N. The lowest BCUT2D eigenvalue weighted by Gasteiger charge is -2.16. The quantitative estimate of drug-likeness (QED) is 0.747. The number of hydrogen-bond donors (Lipinski definition) is 2. The lowest BCUT2D eigenvalue weighted by atomic mass is 10.1. The molecule has 0 saturated heterocycles. The molecule has 0 aliphatic rings. The van der Waals surface area contributed by atoms with Crippen molar-refractivity contribution in [3.63, 3.8) is 0 Å². The van der Waals surface area contributed by atoms with E-state index in [1.54, 1.807) is 6.07 Å². The monoisotopic (exact) mass is 226 g/mol. The topological polar surface area (TPSA) is 38.0 Å². The molecular weight excluding hydrogens is 208 g/mol. The summed E-state index contributed by atoms with van der Waals surface area (Å²) in [5, 5.41) is 4.09. The van der Waals surface area contributed by atoms with Crippen LogP contribution in [0.3, 0.4) is 0 Å². The molecule has 0 amide bonds. The van der Waals surface area contributed by atoms with Crippen LogP contribution in [0.25, 0.3) is 0 Å². The van der Waals surface area contributed by atoms with Crippen molar-refractivity contribution in [3.8, 4) is 0 Å². The summed E-state index contributed by atoms with van der Waals surface area (Å²) < 4.78 is 0. The van der Waals surface area contributed by atoms with Crippen molar-refractivity contribution in [2.75, 3.05) is 11.1 Å². The van der Waals surface area contributed by atoms with E-state index in [0.717, 1.165) is 22.8 Å². The second kappa shape index (κ2) is 5.86. The van der Waals surface area contributed by atoms with Gasteiger partial charge < -0.3 is 11.1 Å². The maximum atomic E-state index is 5.91. The molecule has 0 radical (unpaired) electrons. The molecule has 0 aliphatic carbocycles. The van der Waals surface area contributed by atoms with E-state index in [0.29, 0.717) is 6.04 Å². The van der Waals surface area contributed by atoms with Crippen molar-refractivity contribution < 1.29 is 0 Å². The summed E-state index contributed by atoms with van der Waals surface area (Å²) in [6, 6.07) is 5.95. The van der Waals surface area contributed by atoms with E-state index in [2.05, 4.69) is 19.2 Å². The van der Waals surface area contributed by atoms with E-state index in [1.165, 1.54) is 12.8 Å². The molecule has 0 spiro atoms. The van der Waals surface area contributed by atoms with Gasteiger partial charge in [0.1, 0.15) is 0 Å². The van der Waals surface area contributed by atoms with Gasteiger partial charge in [-0.15, -0.1) is 0 Å². The molecule has 0 fully saturated rings. The third-order valence-electron chi connectivity index (χ3n) is 2.41. The fourth-order valence-electron chi connectivity index (χ4n) is 1.50. The van der Waals surface area contributed by atoms with Gasteiger partial charge in [-0.1, -0.05) is 31.4 Å². The molecule has 15 heavy (non-hydrogen) atoms. The molecule has 84 valence electrons. The maximum Gasteiger partial charge on any atom is 0.0590 e. The molecule has 1 aromatic rings. The van der Waals surface area contributed by atoms with Crippen molar-refractivity contribution in [3.05, 3.63) is 23.2 Å². The van der Waals surface area contributed by atoms with Crippen molar-refractivity contribution in [2.45, 2.75) is 39.2 Å². The number of halogens is 1. The maximum absolute atomic E-state index is 5.91. The van der Waals surface area contributed by atoms with E-state index in [1.807, 2.05) is 12.1 Å². The number of unbranched alkanes of at least 4 members (excludes halogenated alkanes) is 1. The van der Waals surface area contributed by atoms with Gasteiger partial charge in [0.2, 0.25) is 0 Å². The second-order valence-electron chi connectivity index (χ2n) is 3.92. The number of nitrogens with two attached hydrogens (primary N) is 1. The predicted octanol–water partition coefficient (Wildman–Crippen LogP) is 3.91. The number of rotatable bonds is 5. The molecule has 1 atom stereocenters. The number of benzene rings is 1. The smallest absolute Gasteiger partial charge is 0.0590 e. The molecular formula is C12H19ClN2. The predicted molar refractivity (Wildman–Crippen MR) is 68.5 cm³/mol. The molecule has 0 aliphatic heterocycles. The molecule has 1 rings (SSSR count). The Kier molecular flexibility index (Phi) is 4.76. The summed E-state index contributed by atoms with van der Waals surface area (Å²) in [5.41, 5.74) is 7.53. The van der Waals surface area contributed by atoms with Crippen LogP contribution >= 0.6 is 11.6 Å². The summed E-state index contributed by atoms with van der Waals surface area (Å²) in [6.07, 6.45) is 3.61. The molecule has 0 bridgehead atoms. The highest BCUT2D eigenvalue weighted by atomic mass is 35.5. The highest BCUT2D eigenvalue weighted by Crippen LogP contribution is 2.24. The minimum absolute atomic E-state index is 0.436. The van der Waals surface area contributed by atoms with Gasteiger partial charge >= 0.3 is 0 Å². The van der Waals surface area contributed by atoms with Crippen LogP contribution in [0.2, 0.25) is 5.02 Å². The van der Waals surface area contributed by atoms with Crippen LogP contribution in [-0.4, -0.2) is 6.04 Å². The van der Waals surface area contributed by atoms with E-state index < -0.39 is 0 Å². The van der Waals surface area contributed by atoms with E-state index in [9.17, 15) is 0 Å². The molecule has 0 saturated carbocycles. The number of nitrogen functional groups attached to an aromatic ring is 1. The van der Waals surface area contributed by atoms with Crippen LogP contribution in [0, 0.1) is 0 Å². The first kappa shape index (κ1) is 12.2. The molecule has 1 unspecified atom stereocenters. The van der Waals surface area contributed by atoms with Gasteiger partial charge in [0.25, 0.3) is 0 Å². The molecule has 2 nitrogen and oxygen atoms in total. The zero-order chi connectivity index (χ0) is 11.3. The number of hydrogen-bond acceptors (Lipinski definition) is 2. The summed E-state index contributed by atoms with van der Waals surface area (Å²) in [5.74, 6) is 0. The van der Waals surface area contributed by atoms with Crippen LogP contribution in [0.15, 0.2) is 18.2 Å². The summed E-state index contributed by atoms with van der Waals surface area (Å²) >= 11 is 5.91. The first-order valence-corrected chi connectivity index (χ1v) is 5.83. The van der Waals surface area contributed by atoms with E-state index in [-0.39, 0.29) is 0 Å². The number of nitrogens with one attached hydrogen (secondary N) is 1. The minimum Gasteiger partial charge on any atom is -0.397 e. The minimum atomic E-state index is 0.436. The Morgan fingerprint density at radius 3 is 2.87 bits per heavy atom. The first-order chi connectivity index (χ1) is 7.13. The van der Waals surface area contributed by atoms with Crippen LogP contribution in [0.1, 0.15) is 33.1 Å². The van der Waals surface area contributed by atoms with Gasteiger partial charge in [-0.3, -0.25) is 0 Å². The van der Waals surface area contributed by atoms with Gasteiger partial charge in [0.15, 0.2) is 0 Å². The lowest BCUT2D eigenvalue weighted by molar-refractivity contribution is 0.645. The third-order valence-corrected chi connectivity index (χ3v) is 2.64. The highest BCUT2D eigenvalue weighted by Gasteiger charge is 2.04. The third kappa shape index (κ3) is 4.00. The number of anilines is 2. The van der Waals surface area contributed by atoms with Crippen molar-refractivity contribution in [2.24, 2.45) is 0 Å². The van der Waals surface area contributed by atoms with Crippen LogP contribution in [0.5, 0.6) is 0 Å². The summed E-state index contributed by atoms with van der Waals surface area (Å²) in [4.78, 5) is 0. The van der Waals surface area contributed by atoms with Crippen LogP contribution < -0.4 is 11.1 Å². The normalized spacial score (nSPS) is 12.5. The van der Waals surface area contributed by atoms with Gasteiger partial charge in [-0.2, -0.15) is 0 Å². The summed E-state index contributed by atoms with van der Waals surface area (Å²) in [6.45, 7) is 4.36. The second-order valence-corrected chi connectivity index (χ2v) is 4.36. The van der Waals surface area contributed by atoms with E-state index in [4.69, 9.17) is 17.3 Å². The molecule has 0 aromatic heterocycles. The zero-order valence-electron chi connectivity index (χ0n) is 9.39. The van der Waals surface area contributed by atoms with Crippen LogP contribution in [-0.2, 0) is 0 Å². The Balaban J connectivity index is 2.59. The molecule has 3 N–H and O–H groups in total. The van der Waals surface area contributed by atoms with Crippen molar-refractivity contribution >= 4 is 23.0 Å². The Hall–Kier alpha value is -0.890. The summed E-state index contributed by atoms with van der Waals surface area (Å²) in [7, 11) is 0. The van der Waals surface area contributed by atoms with Gasteiger partial charge in [0, 0.05) is 11.1 Å². The Morgan fingerprint density at radius 2 is 2.20 bits per heavy atom. The molecule has 0 heterocycles. The van der Waals surface area contributed by atoms with E-state index >= 15 is 0 Å². The standard InChI is InChI=1S/C12H19ClN2/c1-3-4-5-9(2)15-12-8-10(13)6-7-11(12)14/h6-9,15H,3-5,14H2,1-2H3. The fourth-order valence-corrected chi connectivity index (χ4v) is 1.67. The average molecular weight is 227 g/mol. The van der Waals surface area contributed by atoms with Gasteiger partial charge in [-0.25, -0.2) is 0 Å². The zero-order valence-corrected chi connectivity index (χ0v) is 10.1. The van der Waals surface area contributed by atoms with Crippen molar-refractivity contribution in [1.29, 1.82) is 0 Å². The Bertz CT molecular complexity index is 312. The molecule has 3 heteroatoms. The average Bonchev–Trinajstić information content (AvgIpc) is 2.20. The van der Waals surface area contributed by atoms with Crippen molar-refractivity contribution in [1.82, 2.24) is 0 Å². The Morgan fingerprint density at radius 1 is 1.47 bits per heavy atom. The largest absolute Gasteiger partial charge is 0.397 e.